The van der Waals surface area contributed by atoms with E-state index in [-0.39, 0.29) is 12.0 Å². The molecule has 0 aliphatic heterocycles. The molecular formula is C20H21ClN2O3S. The second-order valence-electron chi connectivity index (χ2n) is 6.12. The highest BCUT2D eigenvalue weighted by Gasteiger charge is 2.14. The van der Waals surface area contributed by atoms with Crippen molar-refractivity contribution in [2.45, 2.75) is 33.8 Å². The summed E-state index contributed by atoms with van der Waals surface area (Å²) in [5.41, 5.74) is 2.08. The number of carbonyl (C=O) groups excluding carboxylic acids is 1. The van der Waals surface area contributed by atoms with Crippen molar-refractivity contribution in [2.75, 3.05) is 12.4 Å². The van der Waals surface area contributed by atoms with Crippen LogP contribution < -0.4 is 14.8 Å². The summed E-state index contributed by atoms with van der Waals surface area (Å²) >= 11 is 7.67. The van der Waals surface area contributed by atoms with Crippen LogP contribution in [0.5, 0.6) is 11.5 Å². The molecule has 0 aliphatic rings. The number of benzene rings is 1. The lowest BCUT2D eigenvalue weighted by Crippen LogP contribution is -2.08. The molecule has 1 aromatic carbocycles. The number of rotatable bonds is 6. The van der Waals surface area contributed by atoms with Gasteiger partial charge in [0.05, 0.1) is 23.8 Å². The number of amides is 1. The largest absolute Gasteiger partial charge is 0.493 e. The quantitative estimate of drug-likeness (QED) is 0.660. The molecule has 1 N–H and O–H groups in total. The number of thiophene rings is 1. The Hall–Kier alpha value is -2.49. The molecule has 1 amide bonds. The fourth-order valence-corrected chi connectivity index (χ4v) is 3.64. The minimum absolute atomic E-state index is 0.0457. The fourth-order valence-electron chi connectivity index (χ4n) is 2.36. The number of carbonyl (C=O) groups is 1. The number of nitrogens with zero attached hydrogens (tertiary/aromatic N) is 1. The number of ether oxygens (including phenoxy) is 2. The van der Waals surface area contributed by atoms with Crippen molar-refractivity contribution in [2.24, 2.45) is 0 Å². The van der Waals surface area contributed by atoms with Gasteiger partial charge in [-0.3, -0.25) is 4.79 Å². The lowest BCUT2D eigenvalue weighted by atomic mass is 10.1. The topological polar surface area (TPSA) is 71.3 Å². The summed E-state index contributed by atoms with van der Waals surface area (Å²) in [6.45, 7) is 7.58. The predicted octanol–water partition coefficient (Wildman–Crippen LogP) is 5.34. The van der Waals surface area contributed by atoms with E-state index in [2.05, 4.69) is 11.4 Å². The van der Waals surface area contributed by atoms with Crippen molar-refractivity contribution in [3.63, 3.8) is 0 Å². The Morgan fingerprint density at radius 2 is 2.07 bits per heavy atom. The van der Waals surface area contributed by atoms with E-state index in [1.165, 1.54) is 24.5 Å². The highest BCUT2D eigenvalue weighted by molar-refractivity contribution is 7.16. The van der Waals surface area contributed by atoms with Crippen molar-refractivity contribution < 1.29 is 14.3 Å². The van der Waals surface area contributed by atoms with Crippen molar-refractivity contribution in [1.29, 1.82) is 5.26 Å². The van der Waals surface area contributed by atoms with E-state index < -0.39 is 0 Å². The Morgan fingerprint density at radius 3 is 2.67 bits per heavy atom. The van der Waals surface area contributed by atoms with Crippen molar-refractivity contribution in [1.82, 2.24) is 0 Å². The maximum atomic E-state index is 12.2. The number of aryl methyl sites for hydroxylation is 1. The summed E-state index contributed by atoms with van der Waals surface area (Å²) in [7, 11) is 1.53. The molecule has 0 saturated carbocycles. The summed E-state index contributed by atoms with van der Waals surface area (Å²) < 4.78 is 11.0. The van der Waals surface area contributed by atoms with E-state index in [4.69, 9.17) is 21.1 Å². The van der Waals surface area contributed by atoms with E-state index in [0.29, 0.717) is 32.6 Å². The molecule has 1 heterocycles. The third kappa shape index (κ3) is 5.03. The van der Waals surface area contributed by atoms with Crippen molar-refractivity contribution in [3.05, 3.63) is 44.8 Å². The molecule has 27 heavy (non-hydrogen) atoms. The molecule has 0 atom stereocenters. The van der Waals surface area contributed by atoms with Crippen LogP contribution in [0.25, 0.3) is 6.08 Å². The summed E-state index contributed by atoms with van der Waals surface area (Å²) in [5.74, 6) is 0.636. The standard InChI is InChI=1S/C20H21ClN2O3S/c1-11(2)26-19-16(21)8-14(9-17(19)25-5)6-7-18(24)23-20-15(10-22)12(3)13(4)27-20/h6-9,11H,1-5H3,(H,23,24)/b7-6+. The monoisotopic (exact) mass is 404 g/mol. The van der Waals surface area contributed by atoms with Crippen LogP contribution in [0.15, 0.2) is 18.2 Å². The maximum Gasteiger partial charge on any atom is 0.249 e. The average Bonchev–Trinajstić information content (AvgIpc) is 2.87. The molecule has 0 radical (unpaired) electrons. The van der Waals surface area contributed by atoms with Crippen LogP contribution in [0.3, 0.4) is 0 Å². The lowest BCUT2D eigenvalue weighted by molar-refractivity contribution is -0.111. The van der Waals surface area contributed by atoms with E-state index in [1.54, 1.807) is 18.2 Å². The second-order valence-corrected chi connectivity index (χ2v) is 7.75. The van der Waals surface area contributed by atoms with Gasteiger partial charge in [-0.05, 0) is 57.0 Å². The lowest BCUT2D eigenvalue weighted by Gasteiger charge is -2.15. The number of halogens is 1. The fraction of sp³-hybridized carbons (Fsp3) is 0.300. The van der Waals surface area contributed by atoms with Gasteiger partial charge in [0, 0.05) is 11.0 Å². The van der Waals surface area contributed by atoms with Crippen LogP contribution in [0.4, 0.5) is 5.00 Å². The third-order valence-electron chi connectivity index (χ3n) is 3.77. The first-order valence-electron chi connectivity index (χ1n) is 8.30. The van der Waals surface area contributed by atoms with Crippen LogP contribution in [0.2, 0.25) is 5.02 Å². The number of nitriles is 1. The smallest absolute Gasteiger partial charge is 0.249 e. The maximum absolute atomic E-state index is 12.2. The van der Waals surface area contributed by atoms with E-state index in [1.807, 2.05) is 27.7 Å². The van der Waals surface area contributed by atoms with Crippen LogP contribution in [0.1, 0.15) is 35.4 Å². The van der Waals surface area contributed by atoms with Gasteiger partial charge in [0.2, 0.25) is 5.91 Å². The molecular weight excluding hydrogens is 384 g/mol. The zero-order valence-electron chi connectivity index (χ0n) is 15.8. The zero-order valence-corrected chi connectivity index (χ0v) is 17.4. The molecule has 142 valence electrons. The normalized spacial score (nSPS) is 10.9. The highest BCUT2D eigenvalue weighted by Crippen LogP contribution is 2.37. The summed E-state index contributed by atoms with van der Waals surface area (Å²) in [6.07, 6.45) is 2.97. The van der Waals surface area contributed by atoms with E-state index in [9.17, 15) is 10.1 Å². The minimum atomic E-state index is -0.328. The Labute approximate surface area is 168 Å². The third-order valence-corrected chi connectivity index (χ3v) is 5.17. The first-order chi connectivity index (χ1) is 12.8. The molecule has 2 aromatic rings. The van der Waals surface area contributed by atoms with Gasteiger partial charge in [-0.2, -0.15) is 5.26 Å². The Balaban J connectivity index is 2.20. The molecule has 7 heteroatoms. The SMILES string of the molecule is COc1cc(/C=C/C(=O)Nc2sc(C)c(C)c2C#N)cc(Cl)c1OC(C)C. The van der Waals surface area contributed by atoms with Gasteiger partial charge in [-0.25, -0.2) is 0 Å². The number of hydrogen-bond donors (Lipinski definition) is 1. The van der Waals surface area contributed by atoms with Crippen molar-refractivity contribution in [3.8, 4) is 17.6 Å². The first-order valence-corrected chi connectivity index (χ1v) is 9.49. The Morgan fingerprint density at radius 1 is 1.37 bits per heavy atom. The van der Waals surface area contributed by atoms with Gasteiger partial charge < -0.3 is 14.8 Å². The molecule has 2 rings (SSSR count). The van der Waals surface area contributed by atoms with Gasteiger partial charge in [-0.1, -0.05) is 11.6 Å². The summed E-state index contributed by atoms with van der Waals surface area (Å²) in [6, 6.07) is 5.58. The number of nitrogens with one attached hydrogen (secondary N) is 1. The number of anilines is 1. The van der Waals surface area contributed by atoms with Gasteiger partial charge in [-0.15, -0.1) is 11.3 Å². The number of hydrogen-bond acceptors (Lipinski definition) is 5. The average molecular weight is 405 g/mol. The zero-order chi connectivity index (χ0) is 20.1. The molecule has 1 aromatic heterocycles. The summed E-state index contributed by atoms with van der Waals surface area (Å²) in [5, 5.41) is 13.0. The van der Waals surface area contributed by atoms with E-state index >= 15 is 0 Å². The molecule has 0 spiro atoms. The van der Waals surface area contributed by atoms with Crippen LogP contribution in [0, 0.1) is 25.2 Å². The summed E-state index contributed by atoms with van der Waals surface area (Å²) in [4.78, 5) is 13.2. The van der Waals surface area contributed by atoms with Crippen LogP contribution in [-0.2, 0) is 4.79 Å². The Kier molecular flexibility index (Phi) is 6.89. The van der Waals surface area contributed by atoms with Gasteiger partial charge in [0.25, 0.3) is 0 Å². The molecule has 0 aliphatic carbocycles. The van der Waals surface area contributed by atoms with Crippen LogP contribution in [-0.4, -0.2) is 19.1 Å². The first kappa shape index (κ1) is 20.8. The highest BCUT2D eigenvalue weighted by atomic mass is 35.5. The molecule has 0 saturated heterocycles. The predicted molar refractivity (Wildman–Crippen MR) is 110 cm³/mol. The van der Waals surface area contributed by atoms with E-state index in [0.717, 1.165) is 10.4 Å². The molecule has 0 bridgehead atoms. The second kappa shape index (κ2) is 8.94. The van der Waals surface area contributed by atoms with Crippen molar-refractivity contribution >= 4 is 39.9 Å². The molecule has 0 fully saturated rings. The Bertz CT molecular complexity index is 926. The molecule has 5 nitrogen and oxygen atoms in total. The molecule has 0 unspecified atom stereocenters. The van der Waals surface area contributed by atoms with Gasteiger partial charge in [0.1, 0.15) is 11.1 Å². The van der Waals surface area contributed by atoms with Gasteiger partial charge >= 0.3 is 0 Å². The van der Waals surface area contributed by atoms with Gasteiger partial charge in [0.15, 0.2) is 11.5 Å². The minimum Gasteiger partial charge on any atom is -0.493 e. The number of methoxy groups -OCH3 is 1. The van der Waals surface area contributed by atoms with Crippen LogP contribution >= 0.6 is 22.9 Å².